The topological polar surface area (TPSA) is 83.8 Å². The average Bonchev–Trinajstić information content (AvgIpc) is 2.97. The zero-order chi connectivity index (χ0) is 15.4. The molecule has 112 valence electrons. The summed E-state index contributed by atoms with van der Waals surface area (Å²) >= 11 is 0. The Balaban J connectivity index is 1.56. The second kappa shape index (κ2) is 6.41. The van der Waals surface area contributed by atoms with Crippen LogP contribution in [-0.4, -0.2) is 22.4 Å². The molecule has 5 heteroatoms. The summed E-state index contributed by atoms with van der Waals surface area (Å²) in [6.07, 6.45) is 0.668. The van der Waals surface area contributed by atoms with Crippen LogP contribution in [0.3, 0.4) is 0 Å². The van der Waals surface area contributed by atoms with Crippen molar-refractivity contribution in [2.75, 3.05) is 6.54 Å². The first-order valence-electron chi connectivity index (χ1n) is 7.27. The van der Waals surface area contributed by atoms with Gasteiger partial charge < -0.3 is 16.0 Å². The third kappa shape index (κ3) is 3.15. The molecule has 0 atom stereocenters. The van der Waals surface area contributed by atoms with Crippen LogP contribution in [0.2, 0.25) is 0 Å². The van der Waals surface area contributed by atoms with Crippen molar-refractivity contribution in [3.63, 3.8) is 0 Å². The van der Waals surface area contributed by atoms with E-state index in [2.05, 4.69) is 15.3 Å². The third-order valence-corrected chi connectivity index (χ3v) is 3.54. The maximum atomic E-state index is 12.0. The van der Waals surface area contributed by atoms with Crippen LogP contribution in [0.25, 0.3) is 11.0 Å². The van der Waals surface area contributed by atoms with Crippen molar-refractivity contribution in [3.05, 3.63) is 65.5 Å². The Kier molecular flexibility index (Phi) is 4.16. The lowest BCUT2D eigenvalue weighted by atomic mass is 10.1. The van der Waals surface area contributed by atoms with Gasteiger partial charge in [-0.3, -0.25) is 4.79 Å². The normalized spacial score (nSPS) is 10.8. The van der Waals surface area contributed by atoms with E-state index in [-0.39, 0.29) is 5.91 Å². The number of carbonyl (C=O) groups is 1. The highest BCUT2D eigenvalue weighted by molar-refractivity contribution is 5.94. The molecule has 0 aliphatic carbocycles. The predicted molar refractivity (Wildman–Crippen MR) is 86.5 cm³/mol. The lowest BCUT2D eigenvalue weighted by Gasteiger charge is -2.04. The Morgan fingerprint density at radius 3 is 2.64 bits per heavy atom. The van der Waals surface area contributed by atoms with Gasteiger partial charge in [-0.05, 0) is 29.8 Å². The standard InChI is InChI=1S/C17H18N4O/c18-11-12-5-7-13(8-6-12)17(22)19-10-9-16-20-14-3-1-2-4-15(14)21-16/h1-8H,9-11,18H2,(H,19,22)(H,20,21). The van der Waals surface area contributed by atoms with E-state index in [1.165, 1.54) is 0 Å². The van der Waals surface area contributed by atoms with Gasteiger partial charge in [-0.1, -0.05) is 24.3 Å². The molecule has 0 saturated carbocycles. The molecule has 3 aromatic rings. The maximum absolute atomic E-state index is 12.0. The molecule has 0 unspecified atom stereocenters. The van der Waals surface area contributed by atoms with Gasteiger partial charge in [-0.25, -0.2) is 4.98 Å². The molecule has 0 bridgehead atoms. The van der Waals surface area contributed by atoms with Crippen molar-refractivity contribution in [2.45, 2.75) is 13.0 Å². The number of H-pyrrole nitrogens is 1. The summed E-state index contributed by atoms with van der Waals surface area (Å²) in [5.74, 6) is 0.791. The summed E-state index contributed by atoms with van der Waals surface area (Å²) in [6.45, 7) is 1.02. The van der Waals surface area contributed by atoms with Gasteiger partial charge in [0, 0.05) is 25.1 Å². The van der Waals surface area contributed by atoms with Gasteiger partial charge >= 0.3 is 0 Å². The number of nitrogens with zero attached hydrogens (tertiary/aromatic N) is 1. The Bertz CT molecular complexity index is 744. The molecule has 4 N–H and O–H groups in total. The van der Waals surface area contributed by atoms with Crippen LogP contribution in [0.15, 0.2) is 48.5 Å². The number of amides is 1. The van der Waals surface area contributed by atoms with E-state index < -0.39 is 0 Å². The summed E-state index contributed by atoms with van der Waals surface area (Å²) in [5.41, 5.74) is 9.16. The summed E-state index contributed by atoms with van der Waals surface area (Å²) in [5, 5.41) is 2.90. The van der Waals surface area contributed by atoms with E-state index in [9.17, 15) is 4.79 Å². The number of para-hydroxylation sites is 2. The number of imidazole rings is 1. The van der Waals surface area contributed by atoms with E-state index in [4.69, 9.17) is 5.73 Å². The molecule has 3 rings (SSSR count). The van der Waals surface area contributed by atoms with Crippen molar-refractivity contribution in [1.29, 1.82) is 0 Å². The first-order valence-corrected chi connectivity index (χ1v) is 7.27. The highest BCUT2D eigenvalue weighted by atomic mass is 16.1. The van der Waals surface area contributed by atoms with Crippen molar-refractivity contribution in [1.82, 2.24) is 15.3 Å². The molecule has 5 nitrogen and oxygen atoms in total. The second-order valence-electron chi connectivity index (χ2n) is 5.11. The Hall–Kier alpha value is -2.66. The van der Waals surface area contributed by atoms with Crippen LogP contribution in [0.5, 0.6) is 0 Å². The number of fused-ring (bicyclic) bond motifs is 1. The molecule has 0 aliphatic rings. The highest BCUT2D eigenvalue weighted by Gasteiger charge is 2.06. The summed E-state index contributed by atoms with van der Waals surface area (Å²) in [7, 11) is 0. The zero-order valence-corrected chi connectivity index (χ0v) is 12.2. The van der Waals surface area contributed by atoms with Gasteiger partial charge in [0.15, 0.2) is 0 Å². The minimum Gasteiger partial charge on any atom is -0.352 e. The second-order valence-corrected chi connectivity index (χ2v) is 5.11. The van der Waals surface area contributed by atoms with Crippen molar-refractivity contribution < 1.29 is 4.79 Å². The van der Waals surface area contributed by atoms with Crippen molar-refractivity contribution >= 4 is 16.9 Å². The molecule has 0 spiro atoms. The Morgan fingerprint density at radius 1 is 1.14 bits per heavy atom. The molecule has 0 aliphatic heterocycles. The van der Waals surface area contributed by atoms with Gasteiger partial charge in [0.2, 0.25) is 0 Å². The van der Waals surface area contributed by atoms with Crippen LogP contribution in [0.4, 0.5) is 0 Å². The van der Waals surface area contributed by atoms with Gasteiger partial charge in [0.1, 0.15) is 5.82 Å². The SMILES string of the molecule is NCc1ccc(C(=O)NCCc2nc3ccccc3[nH]2)cc1. The van der Waals surface area contributed by atoms with Crippen LogP contribution >= 0.6 is 0 Å². The number of rotatable bonds is 5. The molecular weight excluding hydrogens is 276 g/mol. The monoisotopic (exact) mass is 294 g/mol. The fourth-order valence-corrected chi connectivity index (χ4v) is 2.31. The molecular formula is C17H18N4O. The van der Waals surface area contributed by atoms with Crippen molar-refractivity contribution in [2.24, 2.45) is 5.73 Å². The number of nitrogens with two attached hydrogens (primary N) is 1. The number of nitrogens with one attached hydrogen (secondary N) is 2. The van der Waals surface area contributed by atoms with E-state index >= 15 is 0 Å². The number of hydrogen-bond donors (Lipinski definition) is 3. The minimum atomic E-state index is -0.0836. The lowest BCUT2D eigenvalue weighted by molar-refractivity contribution is 0.0954. The molecule has 0 fully saturated rings. The van der Waals surface area contributed by atoms with E-state index in [1.54, 1.807) is 12.1 Å². The maximum Gasteiger partial charge on any atom is 0.251 e. The lowest BCUT2D eigenvalue weighted by Crippen LogP contribution is -2.25. The summed E-state index contributed by atoms with van der Waals surface area (Å²) < 4.78 is 0. The molecule has 0 saturated heterocycles. The first-order chi connectivity index (χ1) is 10.8. The molecule has 0 radical (unpaired) electrons. The average molecular weight is 294 g/mol. The quantitative estimate of drug-likeness (QED) is 0.673. The van der Waals surface area contributed by atoms with Gasteiger partial charge in [0.05, 0.1) is 11.0 Å². The van der Waals surface area contributed by atoms with E-state index in [1.807, 2.05) is 36.4 Å². The van der Waals surface area contributed by atoms with Crippen LogP contribution in [0, 0.1) is 0 Å². The van der Waals surface area contributed by atoms with E-state index in [0.29, 0.717) is 25.1 Å². The van der Waals surface area contributed by atoms with Gasteiger partial charge in [0.25, 0.3) is 5.91 Å². The molecule has 22 heavy (non-hydrogen) atoms. The predicted octanol–water partition coefficient (Wildman–Crippen LogP) is 1.99. The Morgan fingerprint density at radius 2 is 1.91 bits per heavy atom. The fraction of sp³-hybridized carbons (Fsp3) is 0.176. The number of hydrogen-bond acceptors (Lipinski definition) is 3. The van der Waals surface area contributed by atoms with Gasteiger partial charge in [-0.2, -0.15) is 0 Å². The number of benzene rings is 2. The van der Waals surface area contributed by atoms with E-state index in [0.717, 1.165) is 22.4 Å². The summed E-state index contributed by atoms with van der Waals surface area (Å²) in [6, 6.07) is 15.2. The molecule has 2 aromatic carbocycles. The van der Waals surface area contributed by atoms with Crippen molar-refractivity contribution in [3.8, 4) is 0 Å². The zero-order valence-electron chi connectivity index (χ0n) is 12.2. The molecule has 1 amide bonds. The number of aromatic nitrogens is 2. The van der Waals surface area contributed by atoms with Crippen LogP contribution in [-0.2, 0) is 13.0 Å². The molecule has 1 aromatic heterocycles. The first kappa shape index (κ1) is 14.3. The van der Waals surface area contributed by atoms with Crippen LogP contribution in [0.1, 0.15) is 21.7 Å². The summed E-state index contributed by atoms with van der Waals surface area (Å²) in [4.78, 5) is 19.8. The number of aromatic amines is 1. The van der Waals surface area contributed by atoms with Gasteiger partial charge in [-0.15, -0.1) is 0 Å². The van der Waals surface area contributed by atoms with Crippen LogP contribution < -0.4 is 11.1 Å². The fourth-order valence-electron chi connectivity index (χ4n) is 2.31. The highest BCUT2D eigenvalue weighted by Crippen LogP contribution is 2.10. The molecule has 1 heterocycles. The largest absolute Gasteiger partial charge is 0.352 e. The smallest absolute Gasteiger partial charge is 0.251 e. The minimum absolute atomic E-state index is 0.0836. The number of carbonyl (C=O) groups excluding carboxylic acids is 1. The Labute approximate surface area is 128 Å². The third-order valence-electron chi connectivity index (χ3n) is 3.54.